The van der Waals surface area contributed by atoms with Crippen molar-refractivity contribution < 1.29 is 24.2 Å². The van der Waals surface area contributed by atoms with E-state index in [1.54, 1.807) is 19.1 Å². The number of aryl methyl sites for hydroxylation is 1. The molecule has 0 aliphatic carbocycles. The van der Waals surface area contributed by atoms with E-state index in [4.69, 9.17) is 9.47 Å². The fourth-order valence-corrected chi connectivity index (χ4v) is 2.51. The van der Waals surface area contributed by atoms with Gasteiger partial charge in [-0.1, -0.05) is 30.3 Å². The standard InChI is InChI=1S/C19H21NO5/c1-12-9-16(24-2)17(25-3)11-14(12)18(21)20-15(19(22)23)10-13-7-5-4-6-8-13/h4-9,11,15H,10H2,1-3H3,(H,20,21)(H,22,23)/t15-/m1/s1. The van der Waals surface area contributed by atoms with Crippen molar-refractivity contribution in [2.45, 2.75) is 19.4 Å². The van der Waals surface area contributed by atoms with E-state index >= 15 is 0 Å². The van der Waals surface area contributed by atoms with Gasteiger partial charge in [-0.25, -0.2) is 4.79 Å². The molecule has 1 atom stereocenters. The Morgan fingerprint density at radius 3 is 2.24 bits per heavy atom. The minimum Gasteiger partial charge on any atom is -0.493 e. The number of carboxylic acid groups (broad SMARTS) is 1. The predicted octanol–water partition coefficient (Wildman–Crippen LogP) is 2.44. The second-order valence-corrected chi connectivity index (χ2v) is 5.58. The maximum absolute atomic E-state index is 12.6. The van der Waals surface area contributed by atoms with Gasteiger partial charge in [-0.2, -0.15) is 0 Å². The molecule has 0 unspecified atom stereocenters. The van der Waals surface area contributed by atoms with Crippen molar-refractivity contribution in [1.82, 2.24) is 5.32 Å². The Bertz CT molecular complexity index is 758. The molecule has 0 aliphatic rings. The van der Waals surface area contributed by atoms with Crippen LogP contribution >= 0.6 is 0 Å². The van der Waals surface area contributed by atoms with Crippen LogP contribution in [0, 0.1) is 6.92 Å². The van der Waals surface area contributed by atoms with E-state index in [0.717, 1.165) is 5.56 Å². The van der Waals surface area contributed by atoms with Crippen molar-refractivity contribution in [2.24, 2.45) is 0 Å². The monoisotopic (exact) mass is 343 g/mol. The highest BCUT2D eigenvalue weighted by Gasteiger charge is 2.23. The molecule has 0 radical (unpaired) electrons. The van der Waals surface area contributed by atoms with Crippen LogP contribution in [0.25, 0.3) is 0 Å². The van der Waals surface area contributed by atoms with Gasteiger partial charge in [-0.15, -0.1) is 0 Å². The third kappa shape index (κ3) is 4.50. The summed E-state index contributed by atoms with van der Waals surface area (Å²) in [5.41, 5.74) is 1.84. The summed E-state index contributed by atoms with van der Waals surface area (Å²) in [6.45, 7) is 1.75. The number of carbonyl (C=O) groups is 2. The van der Waals surface area contributed by atoms with Gasteiger partial charge in [0.15, 0.2) is 11.5 Å². The van der Waals surface area contributed by atoms with Gasteiger partial charge in [0.05, 0.1) is 14.2 Å². The first-order valence-electron chi connectivity index (χ1n) is 7.76. The highest BCUT2D eigenvalue weighted by Crippen LogP contribution is 2.30. The maximum atomic E-state index is 12.6. The van der Waals surface area contributed by atoms with Gasteiger partial charge in [0, 0.05) is 12.0 Å². The second-order valence-electron chi connectivity index (χ2n) is 5.58. The van der Waals surface area contributed by atoms with Crippen molar-refractivity contribution in [3.8, 4) is 11.5 Å². The van der Waals surface area contributed by atoms with Crippen LogP contribution in [0.4, 0.5) is 0 Å². The van der Waals surface area contributed by atoms with E-state index in [9.17, 15) is 14.7 Å². The summed E-state index contributed by atoms with van der Waals surface area (Å²) < 4.78 is 10.4. The second kappa shape index (κ2) is 8.19. The summed E-state index contributed by atoms with van der Waals surface area (Å²) in [6, 6.07) is 11.4. The molecule has 0 fully saturated rings. The van der Waals surface area contributed by atoms with Crippen molar-refractivity contribution in [3.63, 3.8) is 0 Å². The number of carbonyl (C=O) groups excluding carboxylic acids is 1. The fraction of sp³-hybridized carbons (Fsp3) is 0.263. The molecule has 2 rings (SSSR count). The number of rotatable bonds is 7. The third-order valence-corrected chi connectivity index (χ3v) is 3.86. The van der Waals surface area contributed by atoms with Gasteiger partial charge in [-0.3, -0.25) is 4.79 Å². The lowest BCUT2D eigenvalue weighted by Crippen LogP contribution is -2.42. The average Bonchev–Trinajstić information content (AvgIpc) is 2.61. The number of aliphatic carboxylic acids is 1. The molecule has 2 aromatic rings. The zero-order valence-corrected chi connectivity index (χ0v) is 14.4. The lowest BCUT2D eigenvalue weighted by Gasteiger charge is -2.17. The van der Waals surface area contributed by atoms with Gasteiger partial charge >= 0.3 is 5.97 Å². The Kier molecular flexibility index (Phi) is 6.00. The Labute approximate surface area is 146 Å². The molecule has 2 N–H and O–H groups in total. The van der Waals surface area contributed by atoms with Crippen molar-refractivity contribution >= 4 is 11.9 Å². The molecule has 0 aromatic heterocycles. The number of benzene rings is 2. The van der Waals surface area contributed by atoms with Gasteiger partial charge in [0.25, 0.3) is 5.91 Å². The number of ether oxygens (including phenoxy) is 2. The fourth-order valence-electron chi connectivity index (χ4n) is 2.51. The van der Waals surface area contributed by atoms with Crippen LogP contribution in [0.5, 0.6) is 11.5 Å². The van der Waals surface area contributed by atoms with E-state index in [2.05, 4.69) is 5.32 Å². The van der Waals surface area contributed by atoms with Crippen LogP contribution in [0.1, 0.15) is 21.5 Å². The number of methoxy groups -OCH3 is 2. The lowest BCUT2D eigenvalue weighted by atomic mass is 10.0. The molecular formula is C19H21NO5. The summed E-state index contributed by atoms with van der Waals surface area (Å²) in [7, 11) is 2.99. The lowest BCUT2D eigenvalue weighted by molar-refractivity contribution is -0.139. The van der Waals surface area contributed by atoms with E-state index in [1.165, 1.54) is 14.2 Å². The van der Waals surface area contributed by atoms with Crippen molar-refractivity contribution in [2.75, 3.05) is 14.2 Å². The Morgan fingerprint density at radius 1 is 1.08 bits per heavy atom. The first-order chi connectivity index (χ1) is 12.0. The molecule has 0 saturated heterocycles. The first-order valence-corrected chi connectivity index (χ1v) is 7.76. The van der Waals surface area contributed by atoms with Crippen LogP contribution < -0.4 is 14.8 Å². The first kappa shape index (κ1) is 18.3. The van der Waals surface area contributed by atoms with Crippen LogP contribution in [0.3, 0.4) is 0 Å². The van der Waals surface area contributed by atoms with Gasteiger partial charge in [-0.05, 0) is 30.2 Å². The van der Waals surface area contributed by atoms with Gasteiger partial charge < -0.3 is 19.9 Å². The van der Waals surface area contributed by atoms with Crippen LogP contribution in [0.15, 0.2) is 42.5 Å². The van der Waals surface area contributed by atoms with E-state index < -0.39 is 17.9 Å². The minimum absolute atomic E-state index is 0.203. The molecule has 0 spiro atoms. The number of hydrogen-bond acceptors (Lipinski definition) is 4. The van der Waals surface area contributed by atoms with E-state index in [-0.39, 0.29) is 6.42 Å². The predicted molar refractivity (Wildman–Crippen MR) is 93.3 cm³/mol. The normalized spacial score (nSPS) is 11.5. The summed E-state index contributed by atoms with van der Waals surface area (Å²) >= 11 is 0. The van der Waals surface area contributed by atoms with Crippen LogP contribution in [-0.4, -0.2) is 37.2 Å². The molecule has 0 heterocycles. The minimum atomic E-state index is -1.09. The number of nitrogens with one attached hydrogen (secondary N) is 1. The molecule has 132 valence electrons. The molecule has 0 saturated carbocycles. The highest BCUT2D eigenvalue weighted by atomic mass is 16.5. The average molecular weight is 343 g/mol. The Balaban J connectivity index is 2.22. The maximum Gasteiger partial charge on any atom is 0.326 e. The molecule has 0 bridgehead atoms. The quantitative estimate of drug-likeness (QED) is 0.806. The molecule has 25 heavy (non-hydrogen) atoms. The van der Waals surface area contributed by atoms with Crippen molar-refractivity contribution in [3.05, 3.63) is 59.2 Å². The smallest absolute Gasteiger partial charge is 0.326 e. The summed E-state index contributed by atoms with van der Waals surface area (Å²) in [6.07, 6.45) is 0.203. The highest BCUT2D eigenvalue weighted by molar-refractivity contribution is 5.98. The summed E-state index contributed by atoms with van der Waals surface area (Å²) in [5.74, 6) is -0.638. The molecule has 6 nitrogen and oxygen atoms in total. The molecule has 1 amide bonds. The topological polar surface area (TPSA) is 84.9 Å². The Morgan fingerprint density at radius 2 is 1.68 bits per heavy atom. The number of amides is 1. The van der Waals surface area contributed by atoms with Gasteiger partial charge in [0.1, 0.15) is 6.04 Å². The summed E-state index contributed by atoms with van der Waals surface area (Å²) in [4.78, 5) is 24.1. The van der Waals surface area contributed by atoms with Crippen LogP contribution in [0.2, 0.25) is 0 Å². The summed E-state index contributed by atoms with van der Waals surface area (Å²) in [5, 5.41) is 12.0. The SMILES string of the molecule is COc1cc(C)c(C(=O)N[C@H](Cc2ccccc2)C(=O)O)cc1OC. The van der Waals surface area contributed by atoms with Crippen LogP contribution in [-0.2, 0) is 11.2 Å². The number of hydrogen-bond donors (Lipinski definition) is 2. The molecule has 0 aliphatic heterocycles. The largest absolute Gasteiger partial charge is 0.493 e. The van der Waals surface area contributed by atoms with Gasteiger partial charge in [0.2, 0.25) is 0 Å². The molecule has 2 aromatic carbocycles. The molecule has 6 heteroatoms. The zero-order chi connectivity index (χ0) is 18.4. The number of carboxylic acids is 1. The molecular weight excluding hydrogens is 322 g/mol. The van der Waals surface area contributed by atoms with E-state index in [0.29, 0.717) is 22.6 Å². The van der Waals surface area contributed by atoms with E-state index in [1.807, 2.05) is 30.3 Å². The Hall–Kier alpha value is -3.02. The van der Waals surface area contributed by atoms with Crippen molar-refractivity contribution in [1.29, 1.82) is 0 Å². The zero-order valence-electron chi connectivity index (χ0n) is 14.4. The third-order valence-electron chi connectivity index (χ3n) is 3.86.